The van der Waals surface area contributed by atoms with E-state index in [0.29, 0.717) is 30.2 Å². The maximum Gasteiger partial charge on any atom is 0.220 e. The van der Waals surface area contributed by atoms with Crippen molar-refractivity contribution in [2.45, 2.75) is 121 Å². The standard InChI is InChI=1S/C39H48N4O/c1-25(2)32-18-31(38-20-28-15-29(21-38)17-30(16-28)22-38)19-33(26(3)4)37(32)43-24-35(42(41-43)23-27-9-6-5-7-10-27)34-11-8-13-39(34)14-12-36(44)40-39/h5-7,9-11,18-19,24-26,28-30H,8,12-17,20-23H2,1-4H3/p+1/t28?,29?,30?,38?,39-/m0/s1. The van der Waals surface area contributed by atoms with Crippen LogP contribution in [0, 0.1) is 17.8 Å². The number of benzene rings is 2. The van der Waals surface area contributed by atoms with E-state index >= 15 is 0 Å². The third-order valence-electron chi connectivity index (χ3n) is 12.1. The van der Waals surface area contributed by atoms with E-state index in [2.05, 4.69) is 97.1 Å². The Labute approximate surface area is 263 Å². The Morgan fingerprint density at radius 1 is 0.932 bits per heavy atom. The number of hydrogen-bond donors (Lipinski definition) is 1. The molecule has 1 aromatic heterocycles. The summed E-state index contributed by atoms with van der Waals surface area (Å²) in [6, 6.07) is 15.9. The van der Waals surface area contributed by atoms with Crippen LogP contribution in [0.15, 0.2) is 54.7 Å². The molecular formula is C39H49N4O+. The molecule has 5 aliphatic carbocycles. The summed E-state index contributed by atoms with van der Waals surface area (Å²) in [6.45, 7) is 10.1. The van der Waals surface area contributed by atoms with E-state index in [1.165, 1.54) is 66.5 Å². The molecule has 5 heteroatoms. The second-order valence-electron chi connectivity index (χ2n) is 15.8. The van der Waals surface area contributed by atoms with Crippen LogP contribution in [0.2, 0.25) is 0 Å². The molecule has 3 aromatic rings. The predicted molar refractivity (Wildman–Crippen MR) is 175 cm³/mol. The monoisotopic (exact) mass is 589 g/mol. The van der Waals surface area contributed by atoms with Crippen molar-refractivity contribution in [3.8, 4) is 5.69 Å². The topological polar surface area (TPSA) is 50.8 Å². The fourth-order valence-electron chi connectivity index (χ4n) is 10.4. The SMILES string of the molecule is CC(C)c1cc(C23CC4CC(CC(C4)C2)C3)cc(C(C)C)c1-[n+]1cc(C2=CCC[C@]23CCC(=O)N3)n(Cc2ccccc2)n1. The quantitative estimate of drug-likeness (QED) is 0.287. The zero-order valence-electron chi connectivity index (χ0n) is 27.1. The molecule has 1 aliphatic heterocycles. The normalized spacial score (nSPS) is 30.6. The van der Waals surface area contributed by atoms with Crippen molar-refractivity contribution in [3.63, 3.8) is 0 Å². The number of aromatic nitrogens is 3. The Kier molecular flexibility index (Phi) is 6.70. The highest BCUT2D eigenvalue weighted by Gasteiger charge is 2.52. The van der Waals surface area contributed by atoms with Crippen LogP contribution in [-0.4, -0.2) is 21.3 Å². The van der Waals surface area contributed by atoms with Crippen LogP contribution in [0.3, 0.4) is 0 Å². The average Bonchev–Trinajstić information content (AvgIpc) is 3.70. The highest BCUT2D eigenvalue weighted by atomic mass is 16.2. The highest BCUT2D eigenvalue weighted by Crippen LogP contribution is 2.61. The summed E-state index contributed by atoms with van der Waals surface area (Å²) < 4.78 is 4.40. The van der Waals surface area contributed by atoms with Crippen LogP contribution in [0.4, 0.5) is 0 Å². The summed E-state index contributed by atoms with van der Waals surface area (Å²) in [5.41, 5.74) is 9.42. The van der Waals surface area contributed by atoms with Crippen LogP contribution in [0.5, 0.6) is 0 Å². The molecule has 1 saturated heterocycles. The van der Waals surface area contributed by atoms with Gasteiger partial charge in [0.25, 0.3) is 0 Å². The first-order valence-corrected chi connectivity index (χ1v) is 17.5. The molecular weight excluding hydrogens is 540 g/mol. The molecule has 2 heterocycles. The molecule has 44 heavy (non-hydrogen) atoms. The summed E-state index contributed by atoms with van der Waals surface area (Å²) in [7, 11) is 0. The van der Waals surface area contributed by atoms with E-state index in [-0.39, 0.29) is 11.4 Å². The number of carbonyl (C=O) groups excluding carboxylic acids is 1. The average molecular weight is 590 g/mol. The molecule has 5 nitrogen and oxygen atoms in total. The van der Waals surface area contributed by atoms with Crippen LogP contribution >= 0.6 is 0 Å². The molecule has 4 bridgehead atoms. The Hall–Kier alpha value is -3.21. The van der Waals surface area contributed by atoms with Crippen molar-refractivity contribution in [2.24, 2.45) is 17.8 Å². The Morgan fingerprint density at radius 2 is 1.57 bits per heavy atom. The van der Waals surface area contributed by atoms with Crippen molar-refractivity contribution >= 4 is 11.5 Å². The van der Waals surface area contributed by atoms with E-state index < -0.39 is 0 Å². The predicted octanol–water partition coefficient (Wildman–Crippen LogP) is 7.75. The molecule has 4 saturated carbocycles. The van der Waals surface area contributed by atoms with Gasteiger partial charge in [0.05, 0.1) is 10.8 Å². The molecule has 2 aromatic carbocycles. The first kappa shape index (κ1) is 28.3. The lowest BCUT2D eigenvalue weighted by Crippen LogP contribution is -2.48. The Balaban J connectivity index is 1.28. The fraction of sp³-hybridized carbons (Fsp3) is 0.564. The van der Waals surface area contributed by atoms with Crippen molar-refractivity contribution in [1.29, 1.82) is 0 Å². The van der Waals surface area contributed by atoms with Crippen molar-refractivity contribution in [1.82, 2.24) is 15.2 Å². The third-order valence-corrected chi connectivity index (χ3v) is 12.1. The lowest BCUT2D eigenvalue weighted by molar-refractivity contribution is -0.662. The number of allylic oxidation sites excluding steroid dienone is 1. The Morgan fingerprint density at radius 3 is 2.14 bits per heavy atom. The molecule has 1 atom stereocenters. The number of nitrogens with one attached hydrogen (secondary N) is 1. The van der Waals surface area contributed by atoms with Crippen LogP contribution in [-0.2, 0) is 16.8 Å². The van der Waals surface area contributed by atoms with Gasteiger partial charge >= 0.3 is 0 Å². The zero-order chi connectivity index (χ0) is 30.2. The van der Waals surface area contributed by atoms with Gasteiger partial charge in [0, 0.05) is 23.1 Å². The molecule has 6 aliphatic rings. The molecule has 1 N–H and O–H groups in total. The lowest BCUT2D eigenvalue weighted by Gasteiger charge is -2.57. The molecule has 230 valence electrons. The zero-order valence-corrected chi connectivity index (χ0v) is 27.1. The van der Waals surface area contributed by atoms with Crippen molar-refractivity contribution in [2.75, 3.05) is 0 Å². The molecule has 1 spiro atoms. The fourth-order valence-corrected chi connectivity index (χ4v) is 10.4. The Bertz CT molecular complexity index is 1560. The minimum atomic E-state index is -0.270. The third kappa shape index (κ3) is 4.60. The van der Waals surface area contributed by atoms with Crippen molar-refractivity contribution in [3.05, 3.63) is 82.7 Å². The van der Waals surface area contributed by atoms with Gasteiger partial charge in [-0.15, -0.1) is 9.36 Å². The lowest BCUT2D eigenvalue weighted by atomic mass is 9.48. The maximum atomic E-state index is 12.5. The molecule has 5 fully saturated rings. The first-order chi connectivity index (χ1) is 21.2. The number of nitrogens with zero attached hydrogens (tertiary/aromatic N) is 3. The number of carbonyl (C=O) groups is 1. The van der Waals surface area contributed by atoms with Gasteiger partial charge in [-0.3, -0.25) is 4.79 Å². The van der Waals surface area contributed by atoms with Crippen LogP contribution in [0.1, 0.15) is 132 Å². The van der Waals surface area contributed by atoms with Crippen LogP contribution in [0.25, 0.3) is 11.3 Å². The highest BCUT2D eigenvalue weighted by molar-refractivity contribution is 5.87. The van der Waals surface area contributed by atoms with Crippen molar-refractivity contribution < 1.29 is 9.48 Å². The largest absolute Gasteiger partial charge is 0.346 e. The molecule has 9 rings (SSSR count). The number of hydrogen-bond acceptors (Lipinski definition) is 2. The number of amides is 1. The number of rotatable bonds is 7. The van der Waals surface area contributed by atoms with Gasteiger partial charge in [0.1, 0.15) is 6.54 Å². The van der Waals surface area contributed by atoms with E-state index in [4.69, 9.17) is 5.21 Å². The smallest absolute Gasteiger partial charge is 0.220 e. The summed E-state index contributed by atoms with van der Waals surface area (Å²) in [4.78, 5) is 12.5. The maximum absolute atomic E-state index is 12.5. The minimum absolute atomic E-state index is 0.171. The van der Waals surface area contributed by atoms with Gasteiger partial charge in [-0.2, -0.15) is 0 Å². The first-order valence-electron chi connectivity index (χ1n) is 17.5. The summed E-state index contributed by atoms with van der Waals surface area (Å²) in [5, 5.41) is 8.77. The van der Waals surface area contributed by atoms with Gasteiger partial charge in [0.2, 0.25) is 5.91 Å². The molecule has 0 radical (unpaired) electrons. The van der Waals surface area contributed by atoms with Crippen LogP contribution < -0.4 is 10.00 Å². The second-order valence-corrected chi connectivity index (χ2v) is 15.8. The van der Waals surface area contributed by atoms with Gasteiger partial charge in [0.15, 0.2) is 17.6 Å². The van der Waals surface area contributed by atoms with Gasteiger partial charge in [-0.25, -0.2) is 0 Å². The minimum Gasteiger partial charge on any atom is -0.346 e. The summed E-state index contributed by atoms with van der Waals surface area (Å²) in [6.07, 6.45) is 16.6. The van der Waals surface area contributed by atoms with E-state index in [1.807, 2.05) is 0 Å². The second kappa shape index (κ2) is 10.4. The van der Waals surface area contributed by atoms with E-state index in [0.717, 1.165) is 42.7 Å². The molecule has 0 unspecified atom stereocenters. The van der Waals surface area contributed by atoms with Gasteiger partial charge in [-0.05, 0) is 104 Å². The van der Waals surface area contributed by atoms with Gasteiger partial charge < -0.3 is 5.32 Å². The van der Waals surface area contributed by atoms with E-state index in [9.17, 15) is 4.79 Å². The van der Waals surface area contributed by atoms with E-state index in [1.54, 1.807) is 5.56 Å². The van der Waals surface area contributed by atoms with Gasteiger partial charge in [-0.1, -0.05) is 76.2 Å². The summed E-state index contributed by atoms with van der Waals surface area (Å²) >= 11 is 0. The summed E-state index contributed by atoms with van der Waals surface area (Å²) in [5.74, 6) is 3.73. The molecule has 1 amide bonds.